The molecule has 36 heavy (non-hydrogen) atoms. The largest absolute Gasteiger partial charge is 0.490 e. The van der Waals surface area contributed by atoms with Gasteiger partial charge in [0.05, 0.1) is 22.7 Å². The van der Waals surface area contributed by atoms with E-state index in [2.05, 4.69) is 30.7 Å². The number of rotatable bonds is 6. The van der Waals surface area contributed by atoms with Crippen LogP contribution in [0.3, 0.4) is 0 Å². The van der Waals surface area contributed by atoms with Crippen molar-refractivity contribution in [1.29, 1.82) is 0 Å². The molecule has 1 aliphatic carbocycles. The lowest BCUT2D eigenvalue weighted by Crippen LogP contribution is -2.29. The molecule has 4 rings (SSSR count). The van der Waals surface area contributed by atoms with Gasteiger partial charge in [0.25, 0.3) is 0 Å². The summed E-state index contributed by atoms with van der Waals surface area (Å²) in [4.78, 5) is 16.7. The Morgan fingerprint density at radius 2 is 1.86 bits per heavy atom. The second-order valence-corrected chi connectivity index (χ2v) is 10.9. The molecule has 3 aromatic rings. The van der Waals surface area contributed by atoms with Crippen molar-refractivity contribution in [2.45, 2.75) is 72.2 Å². The van der Waals surface area contributed by atoms with Gasteiger partial charge in [0.2, 0.25) is 5.95 Å². The molecule has 1 fully saturated rings. The summed E-state index contributed by atoms with van der Waals surface area (Å²) in [6.45, 7) is 10.3. The second kappa shape index (κ2) is 9.33. The summed E-state index contributed by atoms with van der Waals surface area (Å²) in [7, 11) is 0. The predicted molar refractivity (Wildman–Crippen MR) is 133 cm³/mol. The van der Waals surface area contributed by atoms with Crippen LogP contribution in [0.1, 0.15) is 75.8 Å². The Hall–Kier alpha value is -3.23. The quantitative estimate of drug-likeness (QED) is 0.361. The summed E-state index contributed by atoms with van der Waals surface area (Å²) < 4.78 is 47.0. The third kappa shape index (κ3) is 5.44. The minimum Gasteiger partial charge on any atom is -0.490 e. The average molecular weight is 504 g/mol. The van der Waals surface area contributed by atoms with Crippen molar-refractivity contribution in [2.24, 2.45) is 11.3 Å². The van der Waals surface area contributed by atoms with E-state index in [1.807, 2.05) is 13.8 Å². The van der Waals surface area contributed by atoms with E-state index in [0.717, 1.165) is 36.9 Å². The van der Waals surface area contributed by atoms with Gasteiger partial charge in [-0.15, -0.1) is 0 Å². The minimum absolute atomic E-state index is 0.0132. The molecule has 0 bridgehead atoms. The zero-order valence-corrected chi connectivity index (χ0v) is 21.1. The highest BCUT2D eigenvalue weighted by Crippen LogP contribution is 2.46. The monoisotopic (exact) mass is 503 g/mol. The number of carbonyl (C=O) groups is 1. The second-order valence-electron chi connectivity index (χ2n) is 10.9. The lowest BCUT2D eigenvalue weighted by molar-refractivity contribution is -0.137. The first-order chi connectivity index (χ1) is 16.7. The molecule has 0 unspecified atom stereocenters. The van der Waals surface area contributed by atoms with Gasteiger partial charge in [0.15, 0.2) is 0 Å². The van der Waals surface area contributed by atoms with E-state index in [1.165, 1.54) is 18.2 Å². The van der Waals surface area contributed by atoms with Crippen molar-refractivity contribution in [3.05, 3.63) is 47.5 Å². The molecule has 0 spiro atoms. The maximum Gasteiger partial charge on any atom is 0.416 e. The molecule has 0 aliphatic heterocycles. The Morgan fingerprint density at radius 1 is 1.19 bits per heavy atom. The third-order valence-electron chi connectivity index (χ3n) is 6.58. The Kier molecular flexibility index (Phi) is 6.70. The highest BCUT2D eigenvalue weighted by molar-refractivity contribution is 5.96. The number of imidazole rings is 1. The molecule has 1 aromatic heterocycles. The Balaban J connectivity index is 1.86. The van der Waals surface area contributed by atoms with E-state index in [-0.39, 0.29) is 28.9 Å². The summed E-state index contributed by atoms with van der Waals surface area (Å²) in [5, 5.41) is 13.0. The van der Waals surface area contributed by atoms with Crippen LogP contribution in [0.15, 0.2) is 36.4 Å². The number of anilines is 2. The normalized spacial score (nSPS) is 20.0. The number of benzene rings is 2. The molecule has 2 N–H and O–H groups in total. The molecule has 0 amide bonds. The minimum atomic E-state index is -4.42. The van der Waals surface area contributed by atoms with Gasteiger partial charge in [-0.1, -0.05) is 20.8 Å². The predicted octanol–water partition coefficient (Wildman–Crippen LogP) is 7.67. The SMILES string of the molecule is CC(C)Oc1cc2c(cc1C(=O)O)nc(Nc1ccc(C(F)(F)F)cc1)n2[C@H]1C[C@@H](C)CC(C)(C)C1. The zero-order chi connectivity index (χ0) is 26.4. The fraction of sp³-hybridized carbons (Fsp3) is 0.481. The first kappa shape index (κ1) is 25.9. The molecule has 2 atom stereocenters. The molecule has 1 aliphatic rings. The van der Waals surface area contributed by atoms with Crippen LogP contribution in [-0.4, -0.2) is 26.7 Å². The highest BCUT2D eigenvalue weighted by atomic mass is 19.4. The van der Waals surface area contributed by atoms with E-state index < -0.39 is 17.7 Å². The van der Waals surface area contributed by atoms with E-state index in [4.69, 9.17) is 9.72 Å². The van der Waals surface area contributed by atoms with Crippen molar-refractivity contribution >= 4 is 28.6 Å². The van der Waals surface area contributed by atoms with Crippen LogP contribution in [0.2, 0.25) is 0 Å². The number of carboxylic acids is 1. The fourth-order valence-corrected chi connectivity index (χ4v) is 5.46. The van der Waals surface area contributed by atoms with Crippen LogP contribution < -0.4 is 10.1 Å². The van der Waals surface area contributed by atoms with Crippen molar-refractivity contribution in [1.82, 2.24) is 9.55 Å². The number of fused-ring (bicyclic) bond motifs is 1. The molecule has 2 aromatic carbocycles. The first-order valence-corrected chi connectivity index (χ1v) is 12.1. The smallest absolute Gasteiger partial charge is 0.416 e. The van der Waals surface area contributed by atoms with Gasteiger partial charge >= 0.3 is 12.1 Å². The van der Waals surface area contributed by atoms with Gasteiger partial charge < -0.3 is 19.7 Å². The van der Waals surface area contributed by atoms with E-state index >= 15 is 0 Å². The molecule has 1 saturated carbocycles. The third-order valence-corrected chi connectivity index (χ3v) is 6.58. The standard InChI is InChI=1S/C27H32F3N3O3/c1-15(2)36-23-12-22-21(11-20(23)24(34)35)32-25(31-18-8-6-17(7-9-18)27(28,29)30)33(22)19-10-16(3)13-26(4,5)14-19/h6-9,11-12,15-16,19H,10,13-14H2,1-5H3,(H,31,32)(H,34,35)/t16-,19+/m1/s1. The van der Waals surface area contributed by atoms with Gasteiger partial charge in [-0.3, -0.25) is 0 Å². The van der Waals surface area contributed by atoms with E-state index in [9.17, 15) is 23.1 Å². The van der Waals surface area contributed by atoms with Crippen LogP contribution in [0.5, 0.6) is 5.75 Å². The van der Waals surface area contributed by atoms with E-state index in [1.54, 1.807) is 6.07 Å². The summed E-state index contributed by atoms with van der Waals surface area (Å²) in [5.74, 6) is 0.0552. The summed E-state index contributed by atoms with van der Waals surface area (Å²) in [5.41, 5.74) is 1.03. The van der Waals surface area contributed by atoms with Gasteiger partial charge in [-0.05, 0) is 74.8 Å². The number of aromatic nitrogens is 2. The topological polar surface area (TPSA) is 76.4 Å². The molecule has 194 valence electrons. The van der Waals surface area contributed by atoms with Crippen LogP contribution in [-0.2, 0) is 6.18 Å². The summed E-state index contributed by atoms with van der Waals surface area (Å²) in [6.07, 6.45) is -1.78. The summed E-state index contributed by atoms with van der Waals surface area (Å²) in [6, 6.07) is 8.08. The number of halogens is 3. The van der Waals surface area contributed by atoms with Crippen molar-refractivity contribution in [3.8, 4) is 5.75 Å². The number of hydrogen-bond acceptors (Lipinski definition) is 4. The maximum atomic E-state index is 13.0. The van der Waals surface area contributed by atoms with Crippen LogP contribution in [0.4, 0.5) is 24.8 Å². The van der Waals surface area contributed by atoms with Crippen LogP contribution in [0, 0.1) is 11.3 Å². The molecule has 9 heteroatoms. The number of aromatic carboxylic acids is 1. The van der Waals surface area contributed by atoms with Crippen molar-refractivity contribution in [2.75, 3.05) is 5.32 Å². The number of carboxylic acid groups (broad SMARTS) is 1. The molecule has 0 radical (unpaired) electrons. The molecule has 0 saturated heterocycles. The molecular weight excluding hydrogens is 471 g/mol. The van der Waals surface area contributed by atoms with Gasteiger partial charge in [-0.25, -0.2) is 9.78 Å². The average Bonchev–Trinajstić information content (AvgIpc) is 3.07. The van der Waals surface area contributed by atoms with Crippen LogP contribution >= 0.6 is 0 Å². The van der Waals surface area contributed by atoms with Gasteiger partial charge in [0, 0.05) is 17.8 Å². The first-order valence-electron chi connectivity index (χ1n) is 12.1. The van der Waals surface area contributed by atoms with Crippen molar-refractivity contribution in [3.63, 3.8) is 0 Å². The molecule has 1 heterocycles. The highest BCUT2D eigenvalue weighted by Gasteiger charge is 2.35. The van der Waals surface area contributed by atoms with Gasteiger partial charge in [0.1, 0.15) is 11.3 Å². The number of nitrogens with zero attached hydrogens (tertiary/aromatic N) is 2. The van der Waals surface area contributed by atoms with E-state index in [0.29, 0.717) is 23.1 Å². The Bertz CT molecular complexity index is 1260. The number of hydrogen-bond donors (Lipinski definition) is 2. The maximum absolute atomic E-state index is 13.0. The zero-order valence-electron chi connectivity index (χ0n) is 21.1. The Morgan fingerprint density at radius 3 is 2.42 bits per heavy atom. The number of alkyl halides is 3. The Labute approximate surface area is 208 Å². The summed E-state index contributed by atoms with van der Waals surface area (Å²) >= 11 is 0. The number of nitrogens with one attached hydrogen (secondary N) is 1. The molecular formula is C27H32F3N3O3. The lowest BCUT2D eigenvalue weighted by Gasteiger charge is -2.40. The van der Waals surface area contributed by atoms with Crippen LogP contribution in [0.25, 0.3) is 11.0 Å². The molecule has 6 nitrogen and oxygen atoms in total. The lowest BCUT2D eigenvalue weighted by atomic mass is 9.70. The van der Waals surface area contributed by atoms with Crippen molar-refractivity contribution < 1.29 is 27.8 Å². The number of ether oxygens (including phenoxy) is 1. The fourth-order valence-electron chi connectivity index (χ4n) is 5.46. The van der Waals surface area contributed by atoms with Gasteiger partial charge in [-0.2, -0.15) is 13.2 Å².